The minimum Gasteiger partial charge on any atom is -0.377 e. The summed E-state index contributed by atoms with van der Waals surface area (Å²) in [4.78, 5) is 6.75. The molecule has 1 saturated heterocycles. The quantitative estimate of drug-likeness (QED) is 0.470. The highest BCUT2D eigenvalue weighted by Gasteiger charge is 2.22. The van der Waals surface area contributed by atoms with E-state index < -0.39 is 0 Å². The van der Waals surface area contributed by atoms with Crippen LogP contribution in [0.4, 0.5) is 5.69 Å². The number of hydrogen-bond acceptors (Lipinski definition) is 3. The number of hydrogen-bond donors (Lipinski definition) is 2. The smallest absolute Gasteiger partial charge is 0.191 e. The first-order valence-corrected chi connectivity index (χ1v) is 9.86. The predicted octanol–water partition coefficient (Wildman–Crippen LogP) is 3.21. The van der Waals surface area contributed by atoms with Crippen LogP contribution in [0.2, 0.25) is 5.02 Å². The van der Waals surface area contributed by atoms with E-state index in [0.29, 0.717) is 6.04 Å². The number of piperidine rings is 1. The van der Waals surface area contributed by atoms with E-state index in [4.69, 9.17) is 16.3 Å². The molecule has 0 spiro atoms. The Morgan fingerprint density at radius 3 is 3.04 bits per heavy atom. The van der Waals surface area contributed by atoms with Crippen LogP contribution < -0.4 is 15.5 Å². The lowest BCUT2D eigenvalue weighted by Gasteiger charge is -2.35. The molecule has 142 valence electrons. The number of benzene rings is 1. The molecular formula is C20H29ClN4O. The molecule has 5 nitrogen and oxygen atoms in total. The summed E-state index contributed by atoms with van der Waals surface area (Å²) >= 11 is 6.37. The number of nitrogens with zero attached hydrogens (tertiary/aromatic N) is 2. The highest BCUT2D eigenvalue weighted by Crippen LogP contribution is 2.27. The van der Waals surface area contributed by atoms with Gasteiger partial charge in [-0.1, -0.05) is 35.4 Å². The van der Waals surface area contributed by atoms with E-state index in [1.807, 2.05) is 25.2 Å². The summed E-state index contributed by atoms with van der Waals surface area (Å²) < 4.78 is 5.36. The number of anilines is 1. The molecule has 0 aromatic heterocycles. The number of nitrogens with one attached hydrogen (secondary N) is 2. The van der Waals surface area contributed by atoms with Crippen molar-refractivity contribution in [3.05, 3.63) is 40.9 Å². The van der Waals surface area contributed by atoms with Gasteiger partial charge in [0.1, 0.15) is 0 Å². The van der Waals surface area contributed by atoms with Gasteiger partial charge in [0.2, 0.25) is 0 Å². The van der Waals surface area contributed by atoms with Crippen LogP contribution in [0.15, 0.2) is 40.9 Å². The van der Waals surface area contributed by atoms with E-state index in [1.54, 1.807) is 0 Å². The van der Waals surface area contributed by atoms with Crippen LogP contribution in [-0.2, 0) is 4.74 Å². The van der Waals surface area contributed by atoms with E-state index >= 15 is 0 Å². The molecule has 1 aromatic carbocycles. The average Bonchev–Trinajstić information content (AvgIpc) is 2.68. The molecule has 3 rings (SSSR count). The van der Waals surface area contributed by atoms with Gasteiger partial charge in [0.15, 0.2) is 5.96 Å². The second-order valence-electron chi connectivity index (χ2n) is 6.82. The van der Waals surface area contributed by atoms with Gasteiger partial charge in [-0.25, -0.2) is 0 Å². The molecule has 0 saturated carbocycles. The number of ether oxygens (including phenoxy) is 1. The molecule has 0 aliphatic carbocycles. The standard InChI is InChI=1S/C20H29ClN4O/c1-22-20(23-11-8-16-9-13-26-14-10-16)24-17-5-4-12-25(15-17)19-7-3-2-6-18(19)21/h2-3,6-7,9,17H,4-5,8,10-15H2,1H3,(H2,22,23,24). The Morgan fingerprint density at radius 1 is 1.38 bits per heavy atom. The zero-order chi connectivity index (χ0) is 18.2. The summed E-state index contributed by atoms with van der Waals surface area (Å²) in [6, 6.07) is 8.45. The Hall–Kier alpha value is -1.72. The highest BCUT2D eigenvalue weighted by molar-refractivity contribution is 6.33. The molecule has 1 unspecified atom stereocenters. The summed E-state index contributed by atoms with van der Waals surface area (Å²) in [6.07, 6.45) is 6.57. The van der Waals surface area contributed by atoms with Crippen molar-refractivity contribution in [3.63, 3.8) is 0 Å². The molecule has 2 heterocycles. The van der Waals surface area contributed by atoms with Gasteiger partial charge in [0.25, 0.3) is 0 Å². The third-order valence-corrected chi connectivity index (χ3v) is 5.29. The molecule has 2 N–H and O–H groups in total. The number of halogens is 1. The maximum absolute atomic E-state index is 6.37. The van der Waals surface area contributed by atoms with Gasteiger partial charge >= 0.3 is 0 Å². The van der Waals surface area contributed by atoms with Gasteiger partial charge in [0.05, 0.1) is 23.9 Å². The maximum Gasteiger partial charge on any atom is 0.191 e. The lowest BCUT2D eigenvalue weighted by atomic mass is 10.0. The van der Waals surface area contributed by atoms with Gasteiger partial charge in [-0.2, -0.15) is 0 Å². The maximum atomic E-state index is 6.37. The van der Waals surface area contributed by atoms with Crippen LogP contribution in [0.25, 0.3) is 0 Å². The number of guanidine groups is 1. The molecule has 1 fully saturated rings. The number of aliphatic imine (C=N–C) groups is 1. The van der Waals surface area contributed by atoms with Gasteiger partial charge < -0.3 is 20.3 Å². The minimum absolute atomic E-state index is 0.369. The second-order valence-corrected chi connectivity index (χ2v) is 7.22. The molecule has 26 heavy (non-hydrogen) atoms. The van der Waals surface area contributed by atoms with Crippen molar-refractivity contribution < 1.29 is 4.74 Å². The molecule has 6 heteroatoms. The van der Waals surface area contributed by atoms with Crippen molar-refractivity contribution in [1.82, 2.24) is 10.6 Å². The highest BCUT2D eigenvalue weighted by atomic mass is 35.5. The summed E-state index contributed by atoms with van der Waals surface area (Å²) in [6.45, 7) is 4.48. The molecule has 1 atom stereocenters. The van der Waals surface area contributed by atoms with E-state index in [2.05, 4.69) is 32.7 Å². The third-order valence-electron chi connectivity index (χ3n) is 4.97. The van der Waals surface area contributed by atoms with Gasteiger partial charge in [-0.05, 0) is 37.8 Å². The van der Waals surface area contributed by atoms with E-state index in [0.717, 1.165) is 75.2 Å². The summed E-state index contributed by atoms with van der Waals surface area (Å²) in [5.41, 5.74) is 2.59. The van der Waals surface area contributed by atoms with E-state index in [9.17, 15) is 0 Å². The fourth-order valence-corrected chi connectivity index (χ4v) is 3.80. The molecule has 2 aliphatic heterocycles. The van der Waals surface area contributed by atoms with Crippen LogP contribution in [0.1, 0.15) is 25.7 Å². The largest absolute Gasteiger partial charge is 0.377 e. The fraction of sp³-hybridized carbons (Fsp3) is 0.550. The van der Waals surface area contributed by atoms with Crippen LogP contribution in [0.3, 0.4) is 0 Å². The van der Waals surface area contributed by atoms with Crippen molar-refractivity contribution in [3.8, 4) is 0 Å². The Balaban J connectivity index is 1.48. The first-order valence-electron chi connectivity index (χ1n) is 9.48. The Kier molecular flexibility index (Phi) is 7.21. The first kappa shape index (κ1) is 19.1. The Morgan fingerprint density at radius 2 is 2.27 bits per heavy atom. The van der Waals surface area contributed by atoms with Crippen LogP contribution in [0, 0.1) is 0 Å². The SMILES string of the molecule is CN=C(NCCC1=CCOCC1)NC1CCCN(c2ccccc2Cl)C1. The van der Waals surface area contributed by atoms with Crippen LogP contribution in [0.5, 0.6) is 0 Å². The summed E-state index contributed by atoms with van der Waals surface area (Å²) in [5, 5.41) is 7.84. The zero-order valence-corrected chi connectivity index (χ0v) is 16.3. The zero-order valence-electron chi connectivity index (χ0n) is 15.5. The second kappa shape index (κ2) is 9.83. The van der Waals surface area contributed by atoms with E-state index in [-0.39, 0.29) is 0 Å². The predicted molar refractivity (Wildman–Crippen MR) is 109 cm³/mol. The van der Waals surface area contributed by atoms with Crippen molar-refractivity contribution in [1.29, 1.82) is 0 Å². The van der Waals surface area contributed by atoms with Crippen molar-refractivity contribution in [2.75, 3.05) is 44.8 Å². The first-order chi connectivity index (χ1) is 12.8. The lowest BCUT2D eigenvalue weighted by Crippen LogP contribution is -2.51. The van der Waals surface area contributed by atoms with Gasteiger partial charge in [-0.15, -0.1) is 0 Å². The third kappa shape index (κ3) is 5.39. The van der Waals surface area contributed by atoms with Gasteiger partial charge in [-0.3, -0.25) is 4.99 Å². The summed E-state index contributed by atoms with van der Waals surface area (Å²) in [5.74, 6) is 0.878. The number of para-hydroxylation sites is 1. The average molecular weight is 377 g/mol. The van der Waals surface area contributed by atoms with Crippen LogP contribution in [-0.4, -0.2) is 51.9 Å². The van der Waals surface area contributed by atoms with E-state index in [1.165, 1.54) is 5.57 Å². The summed E-state index contributed by atoms with van der Waals surface area (Å²) in [7, 11) is 1.83. The van der Waals surface area contributed by atoms with Crippen molar-refractivity contribution in [2.24, 2.45) is 4.99 Å². The molecular weight excluding hydrogens is 348 g/mol. The molecule has 2 aliphatic rings. The van der Waals surface area contributed by atoms with Crippen LogP contribution >= 0.6 is 11.6 Å². The minimum atomic E-state index is 0.369. The van der Waals surface area contributed by atoms with Crippen molar-refractivity contribution >= 4 is 23.2 Å². The normalized spacial score (nSPS) is 21.3. The Labute approximate surface area is 161 Å². The molecule has 0 amide bonds. The fourth-order valence-electron chi connectivity index (χ4n) is 3.54. The van der Waals surface area contributed by atoms with Crippen molar-refractivity contribution in [2.45, 2.75) is 31.7 Å². The Bertz CT molecular complexity index is 646. The molecule has 0 radical (unpaired) electrons. The van der Waals surface area contributed by atoms with Gasteiger partial charge in [0, 0.05) is 32.7 Å². The number of rotatable bonds is 5. The molecule has 1 aromatic rings. The molecule has 0 bridgehead atoms. The lowest BCUT2D eigenvalue weighted by molar-refractivity contribution is 0.153. The topological polar surface area (TPSA) is 48.9 Å². The monoisotopic (exact) mass is 376 g/mol.